The van der Waals surface area contributed by atoms with Crippen LogP contribution in [0.15, 0.2) is 18.2 Å². The molecule has 1 aromatic rings. The molecule has 1 unspecified atom stereocenters. The van der Waals surface area contributed by atoms with Crippen LogP contribution >= 0.6 is 0 Å². The second-order valence-corrected chi connectivity index (χ2v) is 11.1. The summed E-state index contributed by atoms with van der Waals surface area (Å²) < 4.78 is 13.0. The molecule has 4 amide bonds. The Bertz CT molecular complexity index is 929. The summed E-state index contributed by atoms with van der Waals surface area (Å²) in [6.45, 7) is 15.7. The topological polar surface area (TPSA) is 102 Å². The minimum absolute atomic E-state index is 0.0631. The maximum absolute atomic E-state index is 13.0. The van der Waals surface area contributed by atoms with Gasteiger partial charge in [0.2, 0.25) is 12.3 Å². The summed E-state index contributed by atoms with van der Waals surface area (Å²) in [6, 6.07) is 4.25. The number of hydrogen-bond donors (Lipinski definition) is 2. The molecule has 1 aromatic carbocycles. The predicted octanol–water partition coefficient (Wildman–Crippen LogP) is 2.78. The van der Waals surface area contributed by atoms with E-state index in [1.54, 1.807) is 6.07 Å². The smallest absolute Gasteiger partial charge is 0.315 e. The van der Waals surface area contributed by atoms with Crippen molar-refractivity contribution in [1.82, 2.24) is 25.3 Å². The minimum atomic E-state index is -0.612. The molecule has 37 heavy (non-hydrogen) atoms. The van der Waals surface area contributed by atoms with Crippen molar-refractivity contribution in [3.05, 3.63) is 35.1 Å². The zero-order valence-corrected chi connectivity index (χ0v) is 23.6. The van der Waals surface area contributed by atoms with Crippen molar-refractivity contribution < 1.29 is 23.6 Å². The van der Waals surface area contributed by atoms with Crippen LogP contribution in [0.4, 0.5) is 9.18 Å². The van der Waals surface area contributed by atoms with Gasteiger partial charge >= 0.3 is 6.03 Å². The van der Waals surface area contributed by atoms with Crippen LogP contribution in [-0.2, 0) is 27.5 Å². The molecular formula is C27H44FN5O4. The Morgan fingerprint density at radius 2 is 1.76 bits per heavy atom. The normalized spacial score (nSPS) is 17.1. The molecule has 208 valence electrons. The number of hydrogen-bond acceptors (Lipinski definition) is 5. The Kier molecular flexibility index (Phi) is 12.7. The third-order valence-electron chi connectivity index (χ3n) is 5.35. The molecule has 9 nitrogen and oxygen atoms in total. The van der Waals surface area contributed by atoms with Crippen LogP contribution in [0, 0.1) is 11.7 Å². The Labute approximate surface area is 220 Å². The van der Waals surface area contributed by atoms with Crippen LogP contribution in [0.1, 0.15) is 59.6 Å². The molecule has 2 aliphatic heterocycles. The number of piperazine rings is 1. The van der Waals surface area contributed by atoms with E-state index in [1.807, 2.05) is 33.9 Å². The van der Waals surface area contributed by atoms with Gasteiger partial charge in [0.1, 0.15) is 11.9 Å². The summed E-state index contributed by atoms with van der Waals surface area (Å²) in [6.07, 6.45) is 0.628. The van der Waals surface area contributed by atoms with Gasteiger partial charge in [-0.15, -0.1) is 0 Å². The molecule has 2 aliphatic rings. The van der Waals surface area contributed by atoms with Crippen LogP contribution in [0.3, 0.4) is 0 Å². The highest BCUT2D eigenvalue weighted by Gasteiger charge is 2.31. The number of fused-ring (bicyclic) bond motifs is 1. The van der Waals surface area contributed by atoms with Gasteiger partial charge in [-0.25, -0.2) is 9.18 Å². The lowest BCUT2D eigenvalue weighted by Gasteiger charge is -2.38. The summed E-state index contributed by atoms with van der Waals surface area (Å²) in [4.78, 5) is 51.1. The van der Waals surface area contributed by atoms with Gasteiger partial charge in [0.05, 0.1) is 6.54 Å². The van der Waals surface area contributed by atoms with E-state index >= 15 is 0 Å². The zero-order chi connectivity index (χ0) is 28.3. The number of carbonyl (C=O) groups is 4. The van der Waals surface area contributed by atoms with Crippen LogP contribution in [0.5, 0.6) is 0 Å². The summed E-state index contributed by atoms with van der Waals surface area (Å²) in [7, 11) is 2.00. The van der Waals surface area contributed by atoms with Gasteiger partial charge in [-0.3, -0.25) is 19.3 Å². The Morgan fingerprint density at radius 1 is 1.14 bits per heavy atom. The van der Waals surface area contributed by atoms with Gasteiger partial charge in [-0.1, -0.05) is 32.9 Å². The summed E-state index contributed by atoms with van der Waals surface area (Å²) in [5.41, 5.74) is 1.62. The van der Waals surface area contributed by atoms with E-state index in [2.05, 4.69) is 36.3 Å². The largest absolute Gasteiger partial charge is 0.337 e. The molecule has 0 bridgehead atoms. The molecule has 0 aliphatic carbocycles. The third kappa shape index (κ3) is 11.7. The highest BCUT2D eigenvalue weighted by Crippen LogP contribution is 2.23. The summed E-state index contributed by atoms with van der Waals surface area (Å²) in [5.74, 6) is 0.329. The van der Waals surface area contributed by atoms with Gasteiger partial charge in [-0.05, 0) is 52.3 Å². The lowest BCUT2D eigenvalue weighted by molar-refractivity contribution is -0.140. The maximum Gasteiger partial charge on any atom is 0.315 e. The van der Waals surface area contributed by atoms with E-state index in [1.165, 1.54) is 22.8 Å². The van der Waals surface area contributed by atoms with Gasteiger partial charge in [0, 0.05) is 43.8 Å². The molecule has 2 N–H and O–H groups in total. The first-order valence-electron chi connectivity index (χ1n) is 12.6. The van der Waals surface area contributed by atoms with Crippen molar-refractivity contribution in [3.63, 3.8) is 0 Å². The van der Waals surface area contributed by atoms with E-state index in [0.717, 1.165) is 30.1 Å². The number of halogens is 1. The molecule has 0 radical (unpaired) electrons. The second-order valence-electron chi connectivity index (χ2n) is 11.1. The first-order chi connectivity index (χ1) is 17.1. The summed E-state index contributed by atoms with van der Waals surface area (Å²) in [5, 5.41) is 5.19. The third-order valence-corrected chi connectivity index (χ3v) is 5.35. The molecule has 0 saturated carbocycles. The highest BCUT2D eigenvalue weighted by atomic mass is 19.1. The SMILES string of the molecule is CC(=O)C1CN(C(=O)CNC(=O)NC(C)(C)C)CCN1C=O.CC(C)C.CN1Cc2cccc(F)c2C1. The van der Waals surface area contributed by atoms with Crippen molar-refractivity contribution in [3.8, 4) is 0 Å². The van der Waals surface area contributed by atoms with Crippen LogP contribution < -0.4 is 10.6 Å². The fourth-order valence-electron chi connectivity index (χ4n) is 3.71. The molecule has 1 fully saturated rings. The van der Waals surface area contributed by atoms with Crippen molar-refractivity contribution in [2.75, 3.05) is 33.2 Å². The van der Waals surface area contributed by atoms with E-state index in [0.29, 0.717) is 19.5 Å². The number of Topliss-reactive ketones (excluding diaryl/α,β-unsaturated/α-hetero) is 1. The number of nitrogens with zero attached hydrogens (tertiary/aromatic N) is 3. The lowest BCUT2D eigenvalue weighted by atomic mass is 10.1. The second kappa shape index (κ2) is 14.7. The van der Waals surface area contributed by atoms with E-state index in [-0.39, 0.29) is 36.1 Å². The standard InChI is InChI=1S/C14H24N4O4.C9H10FN.C4H10/c1-10(20)11-8-17(5-6-18(11)9-19)12(21)7-15-13(22)16-14(2,3)4;1-11-5-7-3-2-4-9(10)8(7)6-11;1-4(2)3/h9,11H,5-8H2,1-4H3,(H2,15,16,22);2-4H,5-6H2,1H3;4H,1-3H3. The fourth-order valence-corrected chi connectivity index (χ4v) is 3.71. The minimum Gasteiger partial charge on any atom is -0.337 e. The first-order valence-corrected chi connectivity index (χ1v) is 12.6. The van der Waals surface area contributed by atoms with Crippen molar-refractivity contribution >= 4 is 24.1 Å². The first kappa shape index (κ1) is 32.0. The zero-order valence-electron chi connectivity index (χ0n) is 23.6. The van der Waals surface area contributed by atoms with Crippen molar-refractivity contribution in [2.24, 2.45) is 5.92 Å². The van der Waals surface area contributed by atoms with Crippen molar-refractivity contribution in [1.29, 1.82) is 0 Å². The number of urea groups is 1. The predicted molar refractivity (Wildman–Crippen MR) is 142 cm³/mol. The number of rotatable bonds is 4. The maximum atomic E-state index is 13.0. The molecule has 0 spiro atoms. The Hall–Kier alpha value is -3.01. The Morgan fingerprint density at radius 3 is 2.27 bits per heavy atom. The fraction of sp³-hybridized carbons (Fsp3) is 0.630. The highest BCUT2D eigenvalue weighted by molar-refractivity contribution is 5.87. The number of amides is 4. The van der Waals surface area contributed by atoms with E-state index in [4.69, 9.17) is 0 Å². The lowest BCUT2D eigenvalue weighted by Crippen LogP contribution is -2.58. The van der Waals surface area contributed by atoms with Crippen LogP contribution in [0.2, 0.25) is 0 Å². The molecule has 1 saturated heterocycles. The summed E-state index contributed by atoms with van der Waals surface area (Å²) >= 11 is 0. The number of carbonyl (C=O) groups excluding carboxylic acids is 4. The van der Waals surface area contributed by atoms with Gasteiger partial charge in [-0.2, -0.15) is 0 Å². The Balaban J connectivity index is 0.000000374. The van der Waals surface area contributed by atoms with E-state index < -0.39 is 12.1 Å². The quantitative estimate of drug-likeness (QED) is 0.594. The average molecular weight is 522 g/mol. The average Bonchev–Trinajstić information content (AvgIpc) is 3.17. The number of ketones is 1. The molecular weight excluding hydrogens is 477 g/mol. The van der Waals surface area contributed by atoms with Crippen LogP contribution in [0.25, 0.3) is 0 Å². The molecule has 0 aromatic heterocycles. The number of benzene rings is 1. The monoisotopic (exact) mass is 521 g/mol. The van der Waals surface area contributed by atoms with Gasteiger partial charge in [0.25, 0.3) is 0 Å². The van der Waals surface area contributed by atoms with Gasteiger partial charge < -0.3 is 20.4 Å². The van der Waals surface area contributed by atoms with Gasteiger partial charge in [0.15, 0.2) is 5.78 Å². The number of nitrogens with one attached hydrogen (secondary N) is 2. The van der Waals surface area contributed by atoms with E-state index in [9.17, 15) is 23.6 Å². The molecule has 2 heterocycles. The van der Waals surface area contributed by atoms with Crippen LogP contribution in [-0.4, -0.2) is 83.6 Å². The van der Waals surface area contributed by atoms with Crippen molar-refractivity contribution in [2.45, 2.75) is 73.1 Å². The molecule has 1 atom stereocenters. The molecule has 10 heteroatoms. The molecule has 3 rings (SSSR count).